The fourth-order valence-electron chi connectivity index (χ4n) is 6.38. The molecular formula is C32H44FN3O5. The Morgan fingerprint density at radius 2 is 2.12 bits per heavy atom. The van der Waals surface area contributed by atoms with Crippen molar-refractivity contribution in [1.29, 1.82) is 0 Å². The average molecular weight is 570 g/mol. The van der Waals surface area contributed by atoms with Gasteiger partial charge in [-0.25, -0.2) is 9.37 Å². The summed E-state index contributed by atoms with van der Waals surface area (Å²) in [6.07, 6.45) is 6.01. The number of pyridine rings is 1. The number of hydrogen-bond acceptors (Lipinski definition) is 7. The zero-order chi connectivity index (χ0) is 29.1. The van der Waals surface area contributed by atoms with Crippen LogP contribution >= 0.6 is 0 Å². The summed E-state index contributed by atoms with van der Waals surface area (Å²) in [5.74, 6) is 1.32. The van der Waals surface area contributed by atoms with E-state index < -0.39 is 17.7 Å². The molecular weight excluding hydrogens is 525 g/mol. The zero-order valence-corrected chi connectivity index (χ0v) is 24.8. The maximum atomic E-state index is 14.8. The van der Waals surface area contributed by atoms with Crippen molar-refractivity contribution in [2.24, 2.45) is 5.92 Å². The Morgan fingerprint density at radius 1 is 1.29 bits per heavy atom. The first-order valence-electron chi connectivity index (χ1n) is 15.0. The number of anilines is 1. The third kappa shape index (κ3) is 6.78. The number of aliphatic carboxylic acids is 1. The van der Waals surface area contributed by atoms with Crippen molar-refractivity contribution in [2.75, 3.05) is 45.3 Å². The first-order valence-corrected chi connectivity index (χ1v) is 15.0. The second-order valence-corrected chi connectivity index (χ2v) is 12.3. The fraction of sp³-hybridized carbons (Fsp3) is 0.625. The number of alkyl halides is 1. The zero-order valence-electron chi connectivity index (χ0n) is 24.8. The third-order valence-corrected chi connectivity index (χ3v) is 8.75. The normalized spacial score (nSPS) is 21.4. The van der Waals surface area contributed by atoms with Gasteiger partial charge in [-0.05, 0) is 82.9 Å². The Hall–Kier alpha value is -2.91. The molecule has 0 spiro atoms. The van der Waals surface area contributed by atoms with Crippen molar-refractivity contribution in [3.05, 3.63) is 46.1 Å². The first kappa shape index (κ1) is 29.6. The number of methoxy groups -OCH3 is 1. The van der Waals surface area contributed by atoms with Gasteiger partial charge in [-0.1, -0.05) is 6.07 Å². The molecule has 0 aliphatic carbocycles. The van der Waals surface area contributed by atoms with E-state index in [1.165, 1.54) is 5.56 Å². The molecule has 0 bridgehead atoms. The number of aromatic nitrogens is 1. The summed E-state index contributed by atoms with van der Waals surface area (Å²) in [4.78, 5) is 19.4. The summed E-state index contributed by atoms with van der Waals surface area (Å²) in [5.41, 5.74) is 3.25. The molecule has 5 rings (SSSR count). The SMILES string of the molecule is COc1cc(CCCCO[C@@H]2CCN([C@@H](C(=O)O)c3cc(C)cc4c3CC(C(C)(C)F)CO4)C2)nc2c1CCCN2. The number of hydrogen-bond donors (Lipinski definition) is 2. The Balaban J connectivity index is 1.17. The van der Waals surface area contributed by atoms with Crippen LogP contribution in [0, 0.1) is 12.8 Å². The van der Waals surface area contributed by atoms with E-state index in [1.54, 1.807) is 21.0 Å². The first-order chi connectivity index (χ1) is 19.6. The van der Waals surface area contributed by atoms with Crippen molar-refractivity contribution in [3.63, 3.8) is 0 Å². The van der Waals surface area contributed by atoms with Gasteiger partial charge in [0, 0.05) is 55.0 Å². The molecule has 2 aromatic rings. The number of rotatable bonds is 11. The number of fused-ring (bicyclic) bond motifs is 2. The van der Waals surface area contributed by atoms with Crippen molar-refractivity contribution >= 4 is 11.8 Å². The third-order valence-electron chi connectivity index (χ3n) is 8.75. The molecule has 3 aliphatic rings. The summed E-state index contributed by atoms with van der Waals surface area (Å²) in [7, 11) is 1.71. The topological polar surface area (TPSA) is 93.2 Å². The number of benzene rings is 1. The number of carbonyl (C=O) groups is 1. The van der Waals surface area contributed by atoms with Crippen LogP contribution in [0.5, 0.6) is 11.5 Å². The monoisotopic (exact) mass is 569 g/mol. The van der Waals surface area contributed by atoms with Gasteiger partial charge in [0.25, 0.3) is 0 Å². The number of ether oxygens (including phenoxy) is 3. The van der Waals surface area contributed by atoms with Crippen molar-refractivity contribution in [2.45, 2.75) is 83.5 Å². The number of likely N-dealkylation sites (tertiary alicyclic amines) is 1. The standard InChI is InChI=1S/C32H44FN3O5/c1-20-14-26(25-16-21(32(2,3)33)19-41-28(25)15-20)29(31(37)38)36-12-10-23(18-36)40-13-6-5-8-22-17-27(39-4)24-9-7-11-34-30(24)35-22/h14-15,17,21,23,29H,5-13,16,18-19H2,1-4H3,(H,34,35)(H,37,38)/t21?,23-,29-/m1/s1. The maximum absolute atomic E-state index is 14.8. The molecule has 8 nitrogen and oxygen atoms in total. The van der Waals surface area contributed by atoms with E-state index in [4.69, 9.17) is 19.2 Å². The van der Waals surface area contributed by atoms with E-state index in [0.717, 1.165) is 73.5 Å². The van der Waals surface area contributed by atoms with Crippen molar-refractivity contribution in [1.82, 2.24) is 9.88 Å². The van der Waals surface area contributed by atoms with Crippen LogP contribution in [0.4, 0.5) is 10.2 Å². The number of unbranched alkanes of at least 4 members (excludes halogenated alkanes) is 1. The summed E-state index contributed by atoms with van der Waals surface area (Å²) in [5, 5.41) is 13.7. The highest BCUT2D eigenvalue weighted by Crippen LogP contribution is 2.41. The van der Waals surface area contributed by atoms with E-state index in [1.807, 2.05) is 24.0 Å². The molecule has 1 aromatic carbocycles. The molecule has 1 unspecified atom stereocenters. The molecule has 1 aromatic heterocycles. The van der Waals surface area contributed by atoms with Crippen LogP contribution < -0.4 is 14.8 Å². The molecule has 3 atom stereocenters. The van der Waals surface area contributed by atoms with E-state index in [-0.39, 0.29) is 12.0 Å². The number of aryl methyl sites for hydroxylation is 2. The van der Waals surface area contributed by atoms with Crippen LogP contribution in [0.15, 0.2) is 18.2 Å². The molecule has 9 heteroatoms. The fourth-order valence-corrected chi connectivity index (χ4v) is 6.38. The predicted molar refractivity (Wildman–Crippen MR) is 156 cm³/mol. The predicted octanol–water partition coefficient (Wildman–Crippen LogP) is 5.30. The summed E-state index contributed by atoms with van der Waals surface area (Å²) < 4.78 is 32.6. The van der Waals surface area contributed by atoms with Crippen molar-refractivity contribution < 1.29 is 28.5 Å². The molecule has 0 radical (unpaired) electrons. The van der Waals surface area contributed by atoms with Crippen LogP contribution in [-0.4, -0.2) is 72.7 Å². The van der Waals surface area contributed by atoms with Crippen LogP contribution in [0.25, 0.3) is 0 Å². The lowest BCUT2D eigenvalue weighted by Gasteiger charge is -2.35. The lowest BCUT2D eigenvalue weighted by atomic mass is 9.82. The molecule has 0 amide bonds. The quantitative estimate of drug-likeness (QED) is 0.353. The van der Waals surface area contributed by atoms with Crippen LogP contribution in [0.1, 0.15) is 73.5 Å². The van der Waals surface area contributed by atoms with Gasteiger partial charge in [0.05, 0.1) is 19.8 Å². The summed E-state index contributed by atoms with van der Waals surface area (Å²) in [6, 6.07) is 5.10. The number of carboxylic acids is 1. The average Bonchev–Trinajstić information content (AvgIpc) is 3.39. The molecule has 4 heterocycles. The smallest absolute Gasteiger partial charge is 0.325 e. The van der Waals surface area contributed by atoms with Gasteiger partial charge in [0.15, 0.2) is 0 Å². The van der Waals surface area contributed by atoms with Gasteiger partial charge < -0.3 is 24.6 Å². The molecule has 224 valence electrons. The lowest BCUT2D eigenvalue weighted by molar-refractivity contribution is -0.143. The molecule has 41 heavy (non-hydrogen) atoms. The van der Waals surface area contributed by atoms with Crippen molar-refractivity contribution in [3.8, 4) is 11.5 Å². The Bertz CT molecular complexity index is 1230. The van der Waals surface area contributed by atoms with Gasteiger partial charge in [-0.3, -0.25) is 9.69 Å². The Kier molecular flexibility index (Phi) is 9.04. The minimum absolute atomic E-state index is 0.0163. The molecule has 2 N–H and O–H groups in total. The number of nitrogens with zero attached hydrogens (tertiary/aromatic N) is 2. The van der Waals surface area contributed by atoms with E-state index in [0.29, 0.717) is 44.0 Å². The van der Waals surface area contributed by atoms with Gasteiger partial charge in [-0.15, -0.1) is 0 Å². The number of carboxylic acid groups (broad SMARTS) is 1. The minimum atomic E-state index is -1.41. The van der Waals surface area contributed by atoms with Crippen LogP contribution in [0.3, 0.4) is 0 Å². The highest BCUT2D eigenvalue weighted by Gasteiger charge is 2.39. The van der Waals surface area contributed by atoms with Crippen LogP contribution in [0.2, 0.25) is 0 Å². The van der Waals surface area contributed by atoms with E-state index >= 15 is 0 Å². The van der Waals surface area contributed by atoms with Gasteiger partial charge >= 0.3 is 5.97 Å². The second kappa shape index (κ2) is 12.5. The van der Waals surface area contributed by atoms with E-state index in [2.05, 4.69) is 11.4 Å². The highest BCUT2D eigenvalue weighted by atomic mass is 19.1. The molecule has 1 fully saturated rings. The number of nitrogens with one attached hydrogen (secondary N) is 1. The molecule has 0 saturated carbocycles. The van der Waals surface area contributed by atoms with Gasteiger partial charge in [0.1, 0.15) is 29.0 Å². The largest absolute Gasteiger partial charge is 0.496 e. The van der Waals surface area contributed by atoms with E-state index in [9.17, 15) is 14.3 Å². The molecule has 1 saturated heterocycles. The summed E-state index contributed by atoms with van der Waals surface area (Å²) in [6.45, 7) is 8.12. The summed E-state index contributed by atoms with van der Waals surface area (Å²) >= 11 is 0. The highest BCUT2D eigenvalue weighted by molar-refractivity contribution is 5.77. The van der Waals surface area contributed by atoms with Crippen LogP contribution in [-0.2, 0) is 28.8 Å². The Morgan fingerprint density at radius 3 is 2.88 bits per heavy atom. The van der Waals surface area contributed by atoms with Gasteiger partial charge in [0.2, 0.25) is 0 Å². The minimum Gasteiger partial charge on any atom is -0.496 e. The Labute approximate surface area is 242 Å². The number of halogens is 1. The lowest BCUT2D eigenvalue weighted by Crippen LogP contribution is -2.38. The second-order valence-electron chi connectivity index (χ2n) is 12.3. The molecule has 3 aliphatic heterocycles. The van der Waals surface area contributed by atoms with Gasteiger partial charge in [-0.2, -0.15) is 0 Å². The maximum Gasteiger partial charge on any atom is 0.325 e.